The minimum atomic E-state index is -0.624. The van der Waals surface area contributed by atoms with Gasteiger partial charge in [0, 0.05) is 37.3 Å². The highest BCUT2D eigenvalue weighted by atomic mass is 79.9. The summed E-state index contributed by atoms with van der Waals surface area (Å²) in [5, 5.41) is 10.4. The normalized spacial score (nSPS) is 29.6. The molecule has 4 heteroatoms. The summed E-state index contributed by atoms with van der Waals surface area (Å²) in [6.45, 7) is 0.748. The minimum Gasteiger partial charge on any atom is -0.493 e. The van der Waals surface area contributed by atoms with Crippen LogP contribution in [-0.4, -0.2) is 30.5 Å². The van der Waals surface area contributed by atoms with Gasteiger partial charge in [0.1, 0.15) is 5.75 Å². The molecule has 0 bridgehead atoms. The number of hydrogen-bond donors (Lipinski definition) is 1. The van der Waals surface area contributed by atoms with Crippen molar-refractivity contribution >= 4 is 15.9 Å². The van der Waals surface area contributed by atoms with E-state index in [4.69, 9.17) is 9.47 Å². The van der Waals surface area contributed by atoms with Gasteiger partial charge < -0.3 is 14.6 Å². The average molecular weight is 313 g/mol. The van der Waals surface area contributed by atoms with Crippen LogP contribution >= 0.6 is 15.9 Å². The molecule has 1 aromatic rings. The molecule has 1 aromatic carbocycles. The highest BCUT2D eigenvalue weighted by Gasteiger charge is 2.43. The minimum absolute atomic E-state index is 0.205. The molecule has 1 heterocycles. The molecule has 3 rings (SSSR count). The Morgan fingerprint density at radius 1 is 1.50 bits per heavy atom. The van der Waals surface area contributed by atoms with E-state index in [0.29, 0.717) is 19.3 Å². The number of methoxy groups -OCH3 is 1. The van der Waals surface area contributed by atoms with Crippen molar-refractivity contribution in [2.75, 3.05) is 13.7 Å². The molecule has 1 fully saturated rings. The Balaban J connectivity index is 1.81. The molecule has 0 unspecified atom stereocenters. The highest BCUT2D eigenvalue weighted by Crippen LogP contribution is 2.41. The lowest BCUT2D eigenvalue weighted by Gasteiger charge is -2.43. The number of fused-ring (bicyclic) bond motifs is 1. The van der Waals surface area contributed by atoms with E-state index in [0.717, 1.165) is 28.8 Å². The van der Waals surface area contributed by atoms with Crippen LogP contribution in [0, 0.1) is 0 Å². The number of rotatable bonds is 3. The Hall–Kier alpha value is -0.580. The van der Waals surface area contributed by atoms with E-state index < -0.39 is 5.60 Å². The largest absolute Gasteiger partial charge is 0.493 e. The molecule has 0 aromatic heterocycles. The van der Waals surface area contributed by atoms with E-state index in [1.807, 2.05) is 0 Å². The molecule has 1 N–H and O–H groups in total. The van der Waals surface area contributed by atoms with E-state index in [9.17, 15) is 5.11 Å². The number of ether oxygens (including phenoxy) is 2. The Bertz CT molecular complexity index is 466. The van der Waals surface area contributed by atoms with Crippen LogP contribution in [0.5, 0.6) is 5.75 Å². The predicted molar refractivity (Wildman–Crippen MR) is 72.0 cm³/mol. The first-order chi connectivity index (χ1) is 8.59. The molecule has 1 aliphatic heterocycles. The maximum absolute atomic E-state index is 10.4. The second kappa shape index (κ2) is 4.51. The lowest BCUT2D eigenvalue weighted by atomic mass is 9.73. The topological polar surface area (TPSA) is 38.7 Å². The van der Waals surface area contributed by atoms with Crippen molar-refractivity contribution in [1.29, 1.82) is 0 Å². The molecule has 0 saturated heterocycles. The van der Waals surface area contributed by atoms with E-state index >= 15 is 0 Å². The van der Waals surface area contributed by atoms with Crippen LogP contribution in [0.2, 0.25) is 0 Å². The molecule has 0 atom stereocenters. The van der Waals surface area contributed by atoms with Crippen LogP contribution in [0.1, 0.15) is 24.0 Å². The van der Waals surface area contributed by atoms with Gasteiger partial charge in [-0.2, -0.15) is 0 Å². The van der Waals surface area contributed by atoms with Crippen LogP contribution in [0.4, 0.5) is 0 Å². The summed E-state index contributed by atoms with van der Waals surface area (Å²) >= 11 is 3.53. The van der Waals surface area contributed by atoms with E-state index in [-0.39, 0.29) is 6.10 Å². The van der Waals surface area contributed by atoms with E-state index in [2.05, 4.69) is 28.1 Å². The molecule has 18 heavy (non-hydrogen) atoms. The van der Waals surface area contributed by atoms with E-state index in [1.165, 1.54) is 5.56 Å². The lowest BCUT2D eigenvalue weighted by Crippen LogP contribution is -2.49. The van der Waals surface area contributed by atoms with Crippen LogP contribution < -0.4 is 4.74 Å². The zero-order chi connectivity index (χ0) is 12.8. The lowest BCUT2D eigenvalue weighted by molar-refractivity contribution is -0.126. The van der Waals surface area contributed by atoms with Gasteiger partial charge in [-0.3, -0.25) is 0 Å². The van der Waals surface area contributed by atoms with Gasteiger partial charge in [-0.1, -0.05) is 15.9 Å². The monoisotopic (exact) mass is 312 g/mol. The molecule has 0 amide bonds. The second-order valence-corrected chi connectivity index (χ2v) is 6.23. The van der Waals surface area contributed by atoms with Crippen molar-refractivity contribution < 1.29 is 14.6 Å². The summed E-state index contributed by atoms with van der Waals surface area (Å²) in [6, 6.07) is 4.16. The smallest absolute Gasteiger partial charge is 0.125 e. The quantitative estimate of drug-likeness (QED) is 0.932. The molecular weight excluding hydrogens is 296 g/mol. The fraction of sp³-hybridized carbons (Fsp3) is 0.571. The SMILES string of the molecule is COC1CC(O)(Cc2cc(Br)cc3c2OCC3)C1. The number of benzene rings is 1. The Kier molecular flexibility index (Phi) is 3.12. The zero-order valence-corrected chi connectivity index (χ0v) is 12.0. The van der Waals surface area contributed by atoms with Crippen LogP contribution in [-0.2, 0) is 17.6 Å². The Morgan fingerprint density at radius 2 is 2.28 bits per heavy atom. The molecule has 98 valence electrons. The van der Waals surface area contributed by atoms with Crippen molar-refractivity contribution in [1.82, 2.24) is 0 Å². The number of halogens is 1. The second-order valence-electron chi connectivity index (χ2n) is 5.32. The molecule has 1 saturated carbocycles. The predicted octanol–water partition coefficient (Wildman–Crippen LogP) is 2.47. The van der Waals surface area contributed by atoms with Gasteiger partial charge in [-0.15, -0.1) is 0 Å². The highest BCUT2D eigenvalue weighted by molar-refractivity contribution is 9.10. The zero-order valence-electron chi connectivity index (χ0n) is 10.4. The number of hydrogen-bond acceptors (Lipinski definition) is 3. The maximum Gasteiger partial charge on any atom is 0.125 e. The molecule has 0 radical (unpaired) electrons. The third-order valence-electron chi connectivity index (χ3n) is 3.89. The summed E-state index contributed by atoms with van der Waals surface area (Å²) in [6.07, 6.45) is 3.24. The summed E-state index contributed by atoms with van der Waals surface area (Å²) in [5.41, 5.74) is 1.72. The number of aliphatic hydroxyl groups is 1. The molecule has 2 aliphatic rings. The van der Waals surface area contributed by atoms with Gasteiger partial charge in [0.2, 0.25) is 0 Å². The third-order valence-corrected chi connectivity index (χ3v) is 4.35. The van der Waals surface area contributed by atoms with Gasteiger partial charge >= 0.3 is 0 Å². The van der Waals surface area contributed by atoms with Crippen LogP contribution in [0.3, 0.4) is 0 Å². The van der Waals surface area contributed by atoms with E-state index in [1.54, 1.807) is 7.11 Å². The summed E-state index contributed by atoms with van der Waals surface area (Å²) < 4.78 is 12.0. The molecule has 3 nitrogen and oxygen atoms in total. The van der Waals surface area contributed by atoms with Gasteiger partial charge in [0.05, 0.1) is 18.3 Å². The molecular formula is C14H17BrO3. The fourth-order valence-corrected chi connectivity index (χ4v) is 3.48. The van der Waals surface area contributed by atoms with Gasteiger partial charge in [-0.25, -0.2) is 0 Å². The van der Waals surface area contributed by atoms with Crippen molar-refractivity contribution in [3.05, 3.63) is 27.7 Å². The van der Waals surface area contributed by atoms with Crippen molar-refractivity contribution in [2.24, 2.45) is 0 Å². The Labute approximate surface area is 115 Å². The van der Waals surface area contributed by atoms with Gasteiger partial charge in [-0.05, 0) is 23.3 Å². The van der Waals surface area contributed by atoms with Crippen molar-refractivity contribution in [3.8, 4) is 5.75 Å². The first-order valence-electron chi connectivity index (χ1n) is 6.29. The van der Waals surface area contributed by atoms with Gasteiger partial charge in [0.25, 0.3) is 0 Å². The summed E-state index contributed by atoms with van der Waals surface area (Å²) in [7, 11) is 1.70. The van der Waals surface area contributed by atoms with Gasteiger partial charge in [0.15, 0.2) is 0 Å². The first-order valence-corrected chi connectivity index (χ1v) is 7.08. The molecule has 1 aliphatic carbocycles. The Morgan fingerprint density at radius 3 is 3.00 bits per heavy atom. The van der Waals surface area contributed by atoms with Crippen molar-refractivity contribution in [2.45, 2.75) is 37.4 Å². The fourth-order valence-electron chi connectivity index (χ4n) is 2.93. The third kappa shape index (κ3) is 2.17. The first kappa shape index (κ1) is 12.5. The standard InChI is InChI=1S/C14H17BrO3/c1-17-12-7-14(16,8-12)6-10-5-11(15)4-9-2-3-18-13(9)10/h4-5,12,16H,2-3,6-8H2,1H3. The summed E-state index contributed by atoms with van der Waals surface area (Å²) in [4.78, 5) is 0. The maximum atomic E-state index is 10.4. The van der Waals surface area contributed by atoms with Crippen LogP contribution in [0.25, 0.3) is 0 Å². The van der Waals surface area contributed by atoms with Crippen molar-refractivity contribution in [3.63, 3.8) is 0 Å². The van der Waals surface area contributed by atoms with Crippen LogP contribution in [0.15, 0.2) is 16.6 Å². The molecule has 0 spiro atoms. The average Bonchev–Trinajstić information content (AvgIpc) is 2.73. The summed E-state index contributed by atoms with van der Waals surface area (Å²) in [5.74, 6) is 0.979.